The van der Waals surface area contributed by atoms with E-state index in [-0.39, 0.29) is 17.0 Å². The highest BCUT2D eigenvalue weighted by Gasteiger charge is 2.33. The van der Waals surface area contributed by atoms with E-state index < -0.39 is 0 Å². The Hall–Kier alpha value is -2.15. The van der Waals surface area contributed by atoms with Crippen molar-refractivity contribution in [1.82, 2.24) is 9.47 Å². The van der Waals surface area contributed by atoms with Crippen molar-refractivity contribution in [2.45, 2.75) is 65.8 Å². The first kappa shape index (κ1) is 26.5. The lowest BCUT2D eigenvalue weighted by Crippen LogP contribution is -2.35. The molecular formula is C25H34N4O3S2. The largest absolute Gasteiger partial charge is 0.382 e. The smallest absolute Gasteiger partial charge is 0.270 e. The Kier molecular flexibility index (Phi) is 9.74. The lowest BCUT2D eigenvalue weighted by atomic mass is 10.0. The lowest BCUT2D eigenvalue weighted by molar-refractivity contribution is -0.122. The summed E-state index contributed by atoms with van der Waals surface area (Å²) >= 11 is 6.79. The van der Waals surface area contributed by atoms with Crippen LogP contribution in [0.15, 0.2) is 9.70 Å². The maximum absolute atomic E-state index is 13.3. The van der Waals surface area contributed by atoms with E-state index in [9.17, 15) is 14.9 Å². The highest BCUT2D eigenvalue weighted by atomic mass is 32.2. The monoisotopic (exact) mass is 502 g/mol. The minimum atomic E-state index is -0.248. The van der Waals surface area contributed by atoms with Crippen molar-refractivity contribution in [2.75, 3.05) is 37.7 Å². The Morgan fingerprint density at radius 3 is 2.47 bits per heavy atom. The van der Waals surface area contributed by atoms with Crippen LogP contribution in [0.1, 0.15) is 69.1 Å². The molecule has 3 heterocycles. The molecular weight excluding hydrogens is 468 g/mol. The molecule has 9 heteroatoms. The summed E-state index contributed by atoms with van der Waals surface area (Å²) in [5, 5.41) is 9.79. The van der Waals surface area contributed by atoms with Crippen LogP contribution in [0.4, 0.5) is 5.82 Å². The molecule has 0 atom stereocenters. The Bertz CT molecular complexity index is 1050. The third kappa shape index (κ3) is 5.73. The number of ether oxygens (including phenoxy) is 1. The van der Waals surface area contributed by atoms with Gasteiger partial charge in [-0.2, -0.15) is 5.26 Å². The first-order valence-corrected chi connectivity index (χ1v) is 13.4. The van der Waals surface area contributed by atoms with Crippen LogP contribution >= 0.6 is 24.0 Å². The number of carbonyl (C=O) groups is 1. The average Bonchev–Trinajstić information content (AvgIpc) is 2.99. The molecule has 0 aromatic carbocycles. The molecule has 1 amide bonds. The van der Waals surface area contributed by atoms with Gasteiger partial charge in [-0.3, -0.25) is 19.1 Å². The van der Waals surface area contributed by atoms with Crippen molar-refractivity contribution in [1.29, 1.82) is 5.26 Å². The molecule has 0 aliphatic carbocycles. The van der Waals surface area contributed by atoms with Gasteiger partial charge in [0.25, 0.3) is 11.5 Å². The quantitative estimate of drug-likeness (QED) is 0.280. The Morgan fingerprint density at radius 2 is 1.85 bits per heavy atom. The summed E-state index contributed by atoms with van der Waals surface area (Å²) in [6.45, 7) is 9.76. The van der Waals surface area contributed by atoms with Gasteiger partial charge in [-0.05, 0) is 51.2 Å². The van der Waals surface area contributed by atoms with Crippen molar-refractivity contribution >= 4 is 46.1 Å². The lowest BCUT2D eigenvalue weighted by Gasteiger charge is -2.29. The molecule has 1 aromatic heterocycles. The fourth-order valence-corrected chi connectivity index (χ4v) is 5.78. The minimum absolute atomic E-state index is 0.125. The van der Waals surface area contributed by atoms with Gasteiger partial charge >= 0.3 is 0 Å². The topological polar surface area (TPSA) is 78.6 Å². The van der Waals surface area contributed by atoms with Crippen LogP contribution in [0, 0.1) is 18.3 Å². The number of pyridine rings is 1. The number of thiocarbonyl (C=S) groups is 1. The summed E-state index contributed by atoms with van der Waals surface area (Å²) in [7, 11) is 0. The van der Waals surface area contributed by atoms with E-state index in [0.29, 0.717) is 47.5 Å². The van der Waals surface area contributed by atoms with Gasteiger partial charge in [-0.15, -0.1) is 0 Å². The maximum Gasteiger partial charge on any atom is 0.270 e. The molecule has 2 fully saturated rings. The number of carbonyl (C=O) groups excluding carboxylic acids is 1. The fourth-order valence-electron chi connectivity index (χ4n) is 4.49. The van der Waals surface area contributed by atoms with Crippen molar-refractivity contribution in [2.24, 2.45) is 0 Å². The van der Waals surface area contributed by atoms with Gasteiger partial charge in [0, 0.05) is 45.0 Å². The van der Waals surface area contributed by atoms with E-state index in [1.54, 1.807) is 9.47 Å². The van der Waals surface area contributed by atoms with Crippen molar-refractivity contribution in [3.63, 3.8) is 0 Å². The molecule has 2 aliphatic rings. The van der Waals surface area contributed by atoms with Crippen LogP contribution in [0.25, 0.3) is 6.08 Å². The fraction of sp³-hybridized carbons (Fsp3) is 0.600. The number of aromatic nitrogens is 1. The van der Waals surface area contributed by atoms with Gasteiger partial charge < -0.3 is 9.64 Å². The van der Waals surface area contributed by atoms with E-state index in [0.717, 1.165) is 43.7 Å². The third-order valence-electron chi connectivity index (χ3n) is 6.22. The summed E-state index contributed by atoms with van der Waals surface area (Å²) in [4.78, 5) is 30.9. The standard InChI is InChI=1S/C25H34N4O3S2/c1-4-11-28-22(27-12-8-6-7-9-13-27)19(18(3)20(17-26)23(28)30)16-21-24(31)29(25(33)34-21)14-10-15-32-5-2/h16H,4-15H2,1-3H3/b21-16+. The molecule has 184 valence electrons. The number of thioether (sulfide) groups is 1. The zero-order valence-corrected chi connectivity index (χ0v) is 22.0. The molecule has 7 nitrogen and oxygen atoms in total. The highest BCUT2D eigenvalue weighted by Crippen LogP contribution is 2.36. The van der Waals surface area contributed by atoms with Crippen LogP contribution in [0.2, 0.25) is 0 Å². The van der Waals surface area contributed by atoms with Crippen molar-refractivity contribution < 1.29 is 9.53 Å². The molecule has 0 N–H and O–H groups in total. The molecule has 0 radical (unpaired) electrons. The van der Waals surface area contributed by atoms with Gasteiger partial charge in [-0.25, -0.2) is 0 Å². The molecule has 0 spiro atoms. The first-order valence-electron chi connectivity index (χ1n) is 12.2. The number of anilines is 1. The summed E-state index contributed by atoms with van der Waals surface area (Å²) in [6.07, 6.45) is 7.78. The summed E-state index contributed by atoms with van der Waals surface area (Å²) < 4.78 is 7.67. The minimum Gasteiger partial charge on any atom is -0.382 e. The Morgan fingerprint density at radius 1 is 1.15 bits per heavy atom. The summed E-state index contributed by atoms with van der Waals surface area (Å²) in [6, 6.07) is 2.12. The van der Waals surface area contributed by atoms with Crippen molar-refractivity contribution in [3.05, 3.63) is 31.9 Å². The van der Waals surface area contributed by atoms with E-state index in [1.807, 2.05) is 26.8 Å². The van der Waals surface area contributed by atoms with E-state index in [2.05, 4.69) is 11.0 Å². The van der Waals surface area contributed by atoms with Gasteiger partial charge in [0.05, 0.1) is 4.91 Å². The molecule has 1 aromatic rings. The molecule has 3 rings (SSSR count). The Labute approximate surface area is 211 Å². The van der Waals surface area contributed by atoms with Gasteiger partial charge in [0.15, 0.2) is 0 Å². The van der Waals surface area contributed by atoms with Crippen LogP contribution < -0.4 is 10.5 Å². The predicted octanol–water partition coefficient (Wildman–Crippen LogP) is 4.45. The van der Waals surface area contributed by atoms with Gasteiger partial charge in [-0.1, -0.05) is 43.7 Å². The van der Waals surface area contributed by atoms with E-state index in [4.69, 9.17) is 17.0 Å². The normalized spacial score (nSPS) is 18.0. The number of hydrogen-bond acceptors (Lipinski definition) is 7. The SMILES string of the molecule is CCCn1c(N2CCCCCC2)c(/C=C2/SC(=S)N(CCCOCC)C2=O)c(C)c(C#N)c1=O. The number of hydrogen-bond donors (Lipinski definition) is 0. The second-order valence-electron chi connectivity index (χ2n) is 8.59. The van der Waals surface area contributed by atoms with Crippen LogP contribution in [0.5, 0.6) is 0 Å². The predicted molar refractivity (Wildman–Crippen MR) is 142 cm³/mol. The molecule has 34 heavy (non-hydrogen) atoms. The molecule has 2 saturated heterocycles. The van der Waals surface area contributed by atoms with Gasteiger partial charge in [0.1, 0.15) is 21.8 Å². The first-order chi connectivity index (χ1) is 16.4. The van der Waals surface area contributed by atoms with E-state index >= 15 is 0 Å². The highest BCUT2D eigenvalue weighted by molar-refractivity contribution is 8.26. The molecule has 0 bridgehead atoms. The number of nitrogens with zero attached hydrogens (tertiary/aromatic N) is 4. The zero-order valence-electron chi connectivity index (χ0n) is 20.4. The molecule has 0 saturated carbocycles. The van der Waals surface area contributed by atoms with Crippen LogP contribution in [-0.4, -0.2) is 52.5 Å². The summed E-state index contributed by atoms with van der Waals surface area (Å²) in [5.41, 5.74) is 1.30. The Balaban J connectivity index is 2.09. The van der Waals surface area contributed by atoms with Crippen molar-refractivity contribution in [3.8, 4) is 6.07 Å². The number of rotatable bonds is 9. The van der Waals surface area contributed by atoms with Crippen LogP contribution in [0.3, 0.4) is 0 Å². The second kappa shape index (κ2) is 12.5. The maximum atomic E-state index is 13.3. The third-order valence-corrected chi connectivity index (χ3v) is 7.60. The second-order valence-corrected chi connectivity index (χ2v) is 10.3. The van der Waals surface area contributed by atoms with Crippen LogP contribution in [-0.2, 0) is 16.1 Å². The average molecular weight is 503 g/mol. The molecule has 0 unspecified atom stereocenters. The zero-order chi connectivity index (χ0) is 24.7. The number of nitriles is 1. The molecule has 2 aliphatic heterocycles. The van der Waals surface area contributed by atoms with E-state index in [1.165, 1.54) is 24.6 Å². The van der Waals surface area contributed by atoms with Gasteiger partial charge in [0.2, 0.25) is 0 Å². The number of amides is 1. The summed E-state index contributed by atoms with van der Waals surface area (Å²) in [5.74, 6) is 0.700.